The summed E-state index contributed by atoms with van der Waals surface area (Å²) in [6, 6.07) is 9.94. The average Bonchev–Trinajstić information content (AvgIpc) is 2.17. The second kappa shape index (κ2) is 5.49. The van der Waals surface area contributed by atoms with E-state index in [0.717, 1.165) is 11.8 Å². The van der Waals surface area contributed by atoms with Crippen LogP contribution in [0.1, 0.15) is 18.9 Å². The van der Waals surface area contributed by atoms with Crippen LogP contribution in [0.4, 0.5) is 0 Å². The van der Waals surface area contributed by atoms with Crippen molar-refractivity contribution < 1.29 is 9.53 Å². The molecule has 0 amide bonds. The number of carbonyl (C=O) groups is 1. The van der Waals surface area contributed by atoms with Gasteiger partial charge in [0.15, 0.2) is 0 Å². The lowest BCUT2D eigenvalue weighted by Crippen LogP contribution is -2.08. The molecule has 13 heavy (non-hydrogen) atoms. The Morgan fingerprint density at radius 1 is 1.38 bits per heavy atom. The Kier molecular flexibility index (Phi) is 4.19. The molecule has 1 aromatic carbocycles. The van der Waals surface area contributed by atoms with Crippen LogP contribution in [0, 0.1) is 0 Å². The Hall–Kier alpha value is -1.15. The largest absolute Gasteiger partial charge is 0.373 e. The van der Waals surface area contributed by atoms with Gasteiger partial charge in [-0.15, -0.1) is 0 Å². The molecule has 0 saturated heterocycles. The van der Waals surface area contributed by atoms with Crippen LogP contribution in [-0.2, 0) is 16.1 Å². The number of aldehydes is 1. The molecule has 0 saturated carbocycles. The number of benzene rings is 1. The standard InChI is InChI=1S/C11H14O2/c1-10(7-8-12)13-9-11-5-3-2-4-6-11/h2-6,8,10H,7,9H2,1H3/t10-/m1/s1. The molecule has 0 heterocycles. The van der Waals surface area contributed by atoms with Gasteiger partial charge in [0.1, 0.15) is 6.29 Å². The quantitative estimate of drug-likeness (QED) is 0.646. The van der Waals surface area contributed by atoms with E-state index in [4.69, 9.17) is 4.74 Å². The Morgan fingerprint density at radius 2 is 2.08 bits per heavy atom. The van der Waals surface area contributed by atoms with E-state index in [-0.39, 0.29) is 6.10 Å². The maximum atomic E-state index is 10.1. The van der Waals surface area contributed by atoms with Crippen molar-refractivity contribution in [2.24, 2.45) is 0 Å². The zero-order valence-corrected chi connectivity index (χ0v) is 7.77. The maximum Gasteiger partial charge on any atom is 0.122 e. The summed E-state index contributed by atoms with van der Waals surface area (Å²) in [7, 11) is 0. The first-order valence-corrected chi connectivity index (χ1v) is 4.42. The molecular weight excluding hydrogens is 164 g/mol. The highest BCUT2D eigenvalue weighted by atomic mass is 16.5. The molecule has 0 fully saturated rings. The molecule has 2 nitrogen and oxygen atoms in total. The third-order valence-corrected chi connectivity index (χ3v) is 1.81. The van der Waals surface area contributed by atoms with Crippen LogP contribution >= 0.6 is 0 Å². The number of hydrogen-bond acceptors (Lipinski definition) is 2. The van der Waals surface area contributed by atoms with Crippen molar-refractivity contribution in [2.45, 2.75) is 26.1 Å². The lowest BCUT2D eigenvalue weighted by Gasteiger charge is -2.09. The van der Waals surface area contributed by atoms with Gasteiger partial charge in [0, 0.05) is 6.42 Å². The normalized spacial score (nSPS) is 12.4. The third kappa shape index (κ3) is 3.85. The summed E-state index contributed by atoms with van der Waals surface area (Å²) in [5, 5.41) is 0. The molecule has 0 unspecified atom stereocenters. The molecular formula is C11H14O2. The molecule has 0 aliphatic rings. The molecule has 1 atom stereocenters. The van der Waals surface area contributed by atoms with Crippen molar-refractivity contribution in [3.05, 3.63) is 35.9 Å². The van der Waals surface area contributed by atoms with Gasteiger partial charge in [-0.25, -0.2) is 0 Å². The van der Waals surface area contributed by atoms with E-state index in [1.807, 2.05) is 37.3 Å². The fourth-order valence-electron chi connectivity index (χ4n) is 1.02. The maximum absolute atomic E-state index is 10.1. The third-order valence-electron chi connectivity index (χ3n) is 1.81. The molecule has 1 rings (SSSR count). The van der Waals surface area contributed by atoms with Crippen LogP contribution in [0.5, 0.6) is 0 Å². The van der Waals surface area contributed by atoms with Crippen molar-refractivity contribution in [2.75, 3.05) is 0 Å². The predicted octanol–water partition coefficient (Wildman–Crippen LogP) is 2.18. The van der Waals surface area contributed by atoms with E-state index in [1.165, 1.54) is 0 Å². The first-order chi connectivity index (χ1) is 6.33. The van der Waals surface area contributed by atoms with E-state index in [9.17, 15) is 4.79 Å². The van der Waals surface area contributed by atoms with Crippen LogP contribution in [0.15, 0.2) is 30.3 Å². The molecule has 2 heteroatoms. The van der Waals surface area contributed by atoms with Gasteiger partial charge in [0.25, 0.3) is 0 Å². The van der Waals surface area contributed by atoms with E-state index in [1.54, 1.807) is 0 Å². The monoisotopic (exact) mass is 178 g/mol. The highest BCUT2D eigenvalue weighted by molar-refractivity contribution is 5.49. The van der Waals surface area contributed by atoms with Crippen LogP contribution < -0.4 is 0 Å². The second-order valence-electron chi connectivity index (χ2n) is 3.01. The molecule has 0 aliphatic carbocycles. The van der Waals surface area contributed by atoms with Crippen molar-refractivity contribution in [3.63, 3.8) is 0 Å². The summed E-state index contributed by atoms with van der Waals surface area (Å²) in [5.41, 5.74) is 1.14. The summed E-state index contributed by atoms with van der Waals surface area (Å²) in [6.07, 6.45) is 1.36. The number of ether oxygens (including phenoxy) is 1. The highest BCUT2D eigenvalue weighted by Gasteiger charge is 2.00. The first-order valence-electron chi connectivity index (χ1n) is 4.42. The smallest absolute Gasteiger partial charge is 0.122 e. The zero-order chi connectivity index (χ0) is 9.52. The minimum atomic E-state index is 0.0118. The molecule has 0 N–H and O–H groups in total. The van der Waals surface area contributed by atoms with Crippen LogP contribution in [0.2, 0.25) is 0 Å². The summed E-state index contributed by atoms with van der Waals surface area (Å²) in [4.78, 5) is 10.1. The van der Waals surface area contributed by atoms with E-state index >= 15 is 0 Å². The second-order valence-corrected chi connectivity index (χ2v) is 3.01. The predicted molar refractivity (Wildman–Crippen MR) is 51.4 cm³/mol. The van der Waals surface area contributed by atoms with E-state index in [0.29, 0.717) is 13.0 Å². The minimum absolute atomic E-state index is 0.0118. The van der Waals surface area contributed by atoms with E-state index in [2.05, 4.69) is 0 Å². The number of carbonyl (C=O) groups excluding carboxylic acids is 1. The number of rotatable bonds is 5. The van der Waals surface area contributed by atoms with Gasteiger partial charge in [0.05, 0.1) is 12.7 Å². The number of hydrogen-bond donors (Lipinski definition) is 0. The van der Waals surface area contributed by atoms with E-state index < -0.39 is 0 Å². The lowest BCUT2D eigenvalue weighted by molar-refractivity contribution is -0.110. The summed E-state index contributed by atoms with van der Waals surface area (Å²) < 4.78 is 5.44. The average molecular weight is 178 g/mol. The van der Waals surface area contributed by atoms with Gasteiger partial charge in [-0.2, -0.15) is 0 Å². The first kappa shape index (κ1) is 9.93. The molecule has 0 radical (unpaired) electrons. The van der Waals surface area contributed by atoms with Crippen LogP contribution in [0.25, 0.3) is 0 Å². The topological polar surface area (TPSA) is 26.3 Å². The zero-order valence-electron chi connectivity index (χ0n) is 7.77. The van der Waals surface area contributed by atoms with Gasteiger partial charge >= 0.3 is 0 Å². The molecule has 0 aromatic heterocycles. The van der Waals surface area contributed by atoms with Gasteiger partial charge in [-0.3, -0.25) is 0 Å². The molecule has 70 valence electrons. The van der Waals surface area contributed by atoms with Crippen molar-refractivity contribution >= 4 is 6.29 Å². The summed E-state index contributed by atoms with van der Waals surface area (Å²) >= 11 is 0. The Labute approximate surface area is 78.5 Å². The van der Waals surface area contributed by atoms with Crippen molar-refractivity contribution in [1.29, 1.82) is 0 Å². The van der Waals surface area contributed by atoms with Crippen molar-refractivity contribution in [1.82, 2.24) is 0 Å². The SMILES string of the molecule is C[C@H](CC=O)OCc1ccccc1. The van der Waals surface area contributed by atoms with Crippen LogP contribution in [-0.4, -0.2) is 12.4 Å². The fourth-order valence-corrected chi connectivity index (χ4v) is 1.02. The molecule has 0 bridgehead atoms. The Bertz CT molecular complexity index is 244. The fraction of sp³-hybridized carbons (Fsp3) is 0.364. The van der Waals surface area contributed by atoms with Crippen molar-refractivity contribution in [3.8, 4) is 0 Å². The molecule has 0 spiro atoms. The van der Waals surface area contributed by atoms with Gasteiger partial charge in [0.2, 0.25) is 0 Å². The van der Waals surface area contributed by atoms with Crippen LogP contribution in [0.3, 0.4) is 0 Å². The van der Waals surface area contributed by atoms with Gasteiger partial charge in [-0.1, -0.05) is 30.3 Å². The highest BCUT2D eigenvalue weighted by Crippen LogP contribution is 2.04. The Balaban J connectivity index is 2.30. The molecule has 0 aliphatic heterocycles. The summed E-state index contributed by atoms with van der Waals surface area (Å²) in [6.45, 7) is 2.48. The molecule has 1 aromatic rings. The van der Waals surface area contributed by atoms with Gasteiger partial charge < -0.3 is 9.53 Å². The lowest BCUT2D eigenvalue weighted by atomic mass is 10.2. The minimum Gasteiger partial charge on any atom is -0.373 e. The van der Waals surface area contributed by atoms with Gasteiger partial charge in [-0.05, 0) is 12.5 Å². The Morgan fingerprint density at radius 3 is 2.69 bits per heavy atom. The summed E-state index contributed by atoms with van der Waals surface area (Å²) in [5.74, 6) is 0.